The van der Waals surface area contributed by atoms with Crippen molar-refractivity contribution in [3.63, 3.8) is 0 Å². The van der Waals surface area contributed by atoms with Gasteiger partial charge < -0.3 is 0 Å². The highest BCUT2D eigenvalue weighted by molar-refractivity contribution is 7.99. The number of benzene rings is 2. The summed E-state index contributed by atoms with van der Waals surface area (Å²) < 4.78 is 0. The zero-order chi connectivity index (χ0) is 14.4. The maximum absolute atomic E-state index is 12.0. The lowest BCUT2D eigenvalue weighted by Gasteiger charge is -2.04. The van der Waals surface area contributed by atoms with Crippen molar-refractivity contribution in [2.75, 3.05) is 5.75 Å². The van der Waals surface area contributed by atoms with Crippen molar-refractivity contribution in [3.05, 3.63) is 70.2 Å². The lowest BCUT2D eigenvalue weighted by molar-refractivity contribution is 0.102. The first-order valence-corrected chi connectivity index (χ1v) is 7.58. The Hall–Kier alpha value is -1.76. The normalized spacial score (nSPS) is 10.0. The summed E-state index contributed by atoms with van der Waals surface area (Å²) in [4.78, 5) is 12.0. The van der Waals surface area contributed by atoms with Crippen LogP contribution in [0.1, 0.15) is 21.5 Å². The fourth-order valence-electron chi connectivity index (χ4n) is 1.73. The Morgan fingerprint density at radius 3 is 2.55 bits per heavy atom. The van der Waals surface area contributed by atoms with Crippen molar-refractivity contribution >= 4 is 29.1 Å². The highest BCUT2D eigenvalue weighted by Gasteiger charge is 2.07. The Labute approximate surface area is 127 Å². The number of nitrogens with zero attached hydrogens (tertiary/aromatic N) is 1. The summed E-state index contributed by atoms with van der Waals surface area (Å²) in [5.41, 5.74) is 2.29. The van der Waals surface area contributed by atoms with Gasteiger partial charge in [-0.3, -0.25) is 4.79 Å². The zero-order valence-corrected chi connectivity index (χ0v) is 12.2. The molecule has 0 unspecified atom stereocenters. The van der Waals surface area contributed by atoms with Crippen molar-refractivity contribution in [2.45, 2.75) is 5.75 Å². The second kappa shape index (κ2) is 7.14. The van der Waals surface area contributed by atoms with E-state index in [1.807, 2.05) is 18.2 Å². The molecule has 2 rings (SSSR count). The predicted molar refractivity (Wildman–Crippen MR) is 83.1 cm³/mol. The Kier molecular flexibility index (Phi) is 5.23. The van der Waals surface area contributed by atoms with Gasteiger partial charge in [0.2, 0.25) is 0 Å². The number of halogens is 1. The van der Waals surface area contributed by atoms with Crippen LogP contribution in [-0.2, 0) is 5.75 Å². The molecule has 0 atom stereocenters. The maximum Gasteiger partial charge on any atom is 0.172 e. The van der Waals surface area contributed by atoms with Gasteiger partial charge in [0.25, 0.3) is 0 Å². The largest absolute Gasteiger partial charge is 0.293 e. The summed E-state index contributed by atoms with van der Waals surface area (Å²) in [7, 11) is 0. The van der Waals surface area contributed by atoms with Crippen molar-refractivity contribution in [1.82, 2.24) is 0 Å². The van der Waals surface area contributed by atoms with E-state index in [1.165, 1.54) is 11.8 Å². The number of Topliss-reactive ketones (excluding diaryl/α,β-unsaturated/α-hetero) is 1. The quantitative estimate of drug-likeness (QED) is 0.772. The molecular weight excluding hydrogens is 290 g/mol. The first kappa shape index (κ1) is 14.6. The van der Waals surface area contributed by atoms with Gasteiger partial charge in [-0.1, -0.05) is 29.8 Å². The van der Waals surface area contributed by atoms with E-state index < -0.39 is 0 Å². The molecule has 0 amide bonds. The van der Waals surface area contributed by atoms with Gasteiger partial charge in [0, 0.05) is 16.3 Å². The molecule has 4 heteroatoms. The number of ketones is 1. The molecule has 0 spiro atoms. The summed E-state index contributed by atoms with van der Waals surface area (Å²) in [6.45, 7) is 0. The second-order valence-electron chi connectivity index (χ2n) is 4.19. The van der Waals surface area contributed by atoms with Crippen LogP contribution >= 0.6 is 23.4 Å². The maximum atomic E-state index is 12.0. The van der Waals surface area contributed by atoms with E-state index in [9.17, 15) is 4.79 Å². The standard InChI is InChI=1S/C16H12ClNOS/c17-15-7-5-12(6-8-15)16(19)11-20-10-14-4-2-1-3-13(14)9-18/h1-8H,10-11H2. The number of thioether (sulfide) groups is 1. The molecule has 0 heterocycles. The number of hydrogen-bond donors (Lipinski definition) is 0. The Bertz CT molecular complexity index is 646. The molecule has 0 radical (unpaired) electrons. The van der Waals surface area contributed by atoms with E-state index in [4.69, 9.17) is 16.9 Å². The van der Waals surface area contributed by atoms with Gasteiger partial charge in [-0.25, -0.2) is 0 Å². The molecule has 2 nitrogen and oxygen atoms in total. The third kappa shape index (κ3) is 3.86. The van der Waals surface area contributed by atoms with Crippen LogP contribution in [-0.4, -0.2) is 11.5 Å². The minimum atomic E-state index is 0.0705. The summed E-state index contributed by atoms with van der Waals surface area (Å²) in [5.74, 6) is 1.12. The number of carbonyl (C=O) groups is 1. The van der Waals surface area contributed by atoms with Gasteiger partial charge in [0.15, 0.2) is 5.78 Å². The van der Waals surface area contributed by atoms with E-state index in [1.54, 1.807) is 30.3 Å². The van der Waals surface area contributed by atoms with Crippen molar-refractivity contribution < 1.29 is 4.79 Å². The molecule has 0 aliphatic carbocycles. The Balaban J connectivity index is 1.91. The zero-order valence-electron chi connectivity index (χ0n) is 10.7. The van der Waals surface area contributed by atoms with Gasteiger partial charge in [-0.2, -0.15) is 5.26 Å². The summed E-state index contributed by atoms with van der Waals surface area (Å²) in [6.07, 6.45) is 0. The van der Waals surface area contributed by atoms with Crippen LogP contribution in [0.25, 0.3) is 0 Å². The van der Waals surface area contributed by atoms with Gasteiger partial charge in [-0.05, 0) is 35.9 Å². The van der Waals surface area contributed by atoms with Crippen LogP contribution in [0.3, 0.4) is 0 Å². The molecule has 0 saturated carbocycles. The molecule has 0 bridgehead atoms. The molecule has 20 heavy (non-hydrogen) atoms. The molecule has 0 aromatic heterocycles. The highest BCUT2D eigenvalue weighted by atomic mass is 35.5. The van der Waals surface area contributed by atoms with Crippen LogP contribution in [0, 0.1) is 11.3 Å². The molecule has 2 aromatic rings. The molecule has 100 valence electrons. The Morgan fingerprint density at radius 1 is 1.15 bits per heavy atom. The van der Waals surface area contributed by atoms with Crippen LogP contribution < -0.4 is 0 Å². The van der Waals surface area contributed by atoms with Gasteiger partial charge >= 0.3 is 0 Å². The molecule has 0 N–H and O–H groups in total. The lowest BCUT2D eigenvalue weighted by atomic mass is 10.1. The smallest absolute Gasteiger partial charge is 0.172 e. The van der Waals surface area contributed by atoms with Crippen LogP contribution in [0.15, 0.2) is 48.5 Å². The monoisotopic (exact) mass is 301 g/mol. The van der Waals surface area contributed by atoms with Gasteiger partial charge in [0.1, 0.15) is 0 Å². The van der Waals surface area contributed by atoms with E-state index in [-0.39, 0.29) is 5.78 Å². The van der Waals surface area contributed by atoms with Gasteiger partial charge in [-0.15, -0.1) is 11.8 Å². The molecule has 0 aliphatic rings. The first-order chi connectivity index (χ1) is 9.70. The average molecular weight is 302 g/mol. The molecule has 2 aromatic carbocycles. The van der Waals surface area contributed by atoms with Crippen LogP contribution in [0.5, 0.6) is 0 Å². The van der Waals surface area contributed by atoms with Crippen LogP contribution in [0.2, 0.25) is 5.02 Å². The molecule has 0 fully saturated rings. The number of nitriles is 1. The number of carbonyl (C=O) groups excluding carboxylic acids is 1. The van der Waals surface area contributed by atoms with E-state index >= 15 is 0 Å². The van der Waals surface area contributed by atoms with E-state index in [0.717, 1.165) is 5.56 Å². The molecule has 0 saturated heterocycles. The fraction of sp³-hybridized carbons (Fsp3) is 0.125. The van der Waals surface area contributed by atoms with Crippen molar-refractivity contribution in [2.24, 2.45) is 0 Å². The lowest BCUT2D eigenvalue weighted by Crippen LogP contribution is -2.02. The van der Waals surface area contributed by atoms with E-state index in [0.29, 0.717) is 27.7 Å². The average Bonchev–Trinajstić information content (AvgIpc) is 2.48. The fourth-order valence-corrected chi connectivity index (χ4v) is 2.78. The molecular formula is C16H12ClNOS. The third-order valence-corrected chi connectivity index (χ3v) is 4.03. The SMILES string of the molecule is N#Cc1ccccc1CSCC(=O)c1ccc(Cl)cc1. The van der Waals surface area contributed by atoms with E-state index in [2.05, 4.69) is 6.07 Å². The van der Waals surface area contributed by atoms with Gasteiger partial charge in [0.05, 0.1) is 17.4 Å². The highest BCUT2D eigenvalue weighted by Crippen LogP contribution is 2.18. The topological polar surface area (TPSA) is 40.9 Å². The summed E-state index contributed by atoms with van der Waals surface area (Å²) in [6, 6.07) is 16.5. The van der Waals surface area contributed by atoms with Crippen molar-refractivity contribution in [3.8, 4) is 6.07 Å². The number of rotatable bonds is 5. The molecule has 0 aliphatic heterocycles. The van der Waals surface area contributed by atoms with Crippen LogP contribution in [0.4, 0.5) is 0 Å². The predicted octanol–water partition coefficient (Wildman–Crippen LogP) is 4.33. The summed E-state index contributed by atoms with van der Waals surface area (Å²) >= 11 is 7.30. The third-order valence-electron chi connectivity index (χ3n) is 2.79. The number of hydrogen-bond acceptors (Lipinski definition) is 3. The van der Waals surface area contributed by atoms with Crippen molar-refractivity contribution in [1.29, 1.82) is 5.26 Å². The summed E-state index contributed by atoms with van der Waals surface area (Å²) in [5, 5.41) is 9.61. The minimum Gasteiger partial charge on any atom is -0.293 e. The Morgan fingerprint density at radius 2 is 1.85 bits per heavy atom. The first-order valence-electron chi connectivity index (χ1n) is 6.05. The second-order valence-corrected chi connectivity index (χ2v) is 5.61. The minimum absolute atomic E-state index is 0.0705.